The molecule has 0 N–H and O–H groups in total. The maximum atomic E-state index is 13.3. The molecule has 25 heavy (non-hydrogen) atoms. The van der Waals surface area contributed by atoms with E-state index in [2.05, 4.69) is 6.58 Å². The average Bonchev–Trinajstić information content (AvgIpc) is 3.25. The fourth-order valence-electron chi connectivity index (χ4n) is 4.41. The fourth-order valence-corrected chi connectivity index (χ4v) is 4.54. The number of esters is 1. The summed E-state index contributed by atoms with van der Waals surface area (Å²) < 4.78 is 11.1. The molecule has 1 spiro atoms. The molecule has 0 aliphatic carbocycles. The molecule has 0 radical (unpaired) electrons. The van der Waals surface area contributed by atoms with Crippen LogP contribution in [-0.2, 0) is 19.1 Å². The summed E-state index contributed by atoms with van der Waals surface area (Å²) >= 11 is 5.98. The Labute approximate surface area is 150 Å². The normalized spacial score (nSPS) is 35.1. The van der Waals surface area contributed by atoms with E-state index in [1.807, 2.05) is 12.2 Å². The summed E-state index contributed by atoms with van der Waals surface area (Å²) in [5.74, 6) is -1.75. The molecule has 3 heterocycles. The Morgan fingerprint density at radius 3 is 2.80 bits per heavy atom. The number of rotatable bonds is 4. The van der Waals surface area contributed by atoms with Gasteiger partial charge in [-0.15, -0.1) is 6.58 Å². The fraction of sp³-hybridized carbons (Fsp3) is 0.368. The van der Waals surface area contributed by atoms with E-state index in [0.717, 1.165) is 5.69 Å². The number of benzene rings is 1. The zero-order valence-electron chi connectivity index (χ0n) is 13.7. The highest BCUT2D eigenvalue weighted by molar-refractivity contribution is 6.30. The summed E-state index contributed by atoms with van der Waals surface area (Å²) in [6, 6.07) is 6.83. The number of anilines is 1. The van der Waals surface area contributed by atoms with Crippen LogP contribution in [0.25, 0.3) is 0 Å². The van der Waals surface area contributed by atoms with Crippen molar-refractivity contribution in [3.8, 4) is 0 Å². The monoisotopic (exact) mass is 359 g/mol. The second kappa shape index (κ2) is 5.71. The third-order valence-electron chi connectivity index (χ3n) is 5.39. The first-order chi connectivity index (χ1) is 12.0. The average molecular weight is 360 g/mol. The summed E-state index contributed by atoms with van der Waals surface area (Å²) in [6.07, 6.45) is 5.71. The number of methoxy groups -OCH3 is 1. The summed E-state index contributed by atoms with van der Waals surface area (Å²) in [7, 11) is 1.34. The molecular formula is C19H18ClNO4. The number of fused-ring (bicyclic) bond motifs is 1. The van der Waals surface area contributed by atoms with Crippen LogP contribution in [0.1, 0.15) is 6.42 Å². The Hall–Kier alpha value is -2.11. The van der Waals surface area contributed by atoms with Crippen molar-refractivity contribution in [2.24, 2.45) is 11.8 Å². The molecule has 3 aliphatic rings. The molecule has 0 aromatic heterocycles. The quantitative estimate of drug-likeness (QED) is 0.612. The van der Waals surface area contributed by atoms with Gasteiger partial charge in [0.2, 0.25) is 5.91 Å². The Morgan fingerprint density at radius 2 is 2.16 bits per heavy atom. The number of hydrogen-bond acceptors (Lipinski definition) is 4. The maximum absolute atomic E-state index is 13.3. The van der Waals surface area contributed by atoms with Crippen molar-refractivity contribution in [3.05, 3.63) is 54.1 Å². The van der Waals surface area contributed by atoms with Crippen molar-refractivity contribution < 1.29 is 19.1 Å². The van der Waals surface area contributed by atoms with Crippen LogP contribution in [0.3, 0.4) is 0 Å². The van der Waals surface area contributed by atoms with Gasteiger partial charge < -0.3 is 14.4 Å². The lowest BCUT2D eigenvalue weighted by molar-refractivity contribution is -0.149. The summed E-state index contributed by atoms with van der Waals surface area (Å²) in [4.78, 5) is 27.3. The van der Waals surface area contributed by atoms with Crippen LogP contribution in [0.4, 0.5) is 5.69 Å². The van der Waals surface area contributed by atoms with Crippen LogP contribution in [0.15, 0.2) is 49.1 Å². The molecule has 6 heteroatoms. The Morgan fingerprint density at radius 1 is 1.44 bits per heavy atom. The van der Waals surface area contributed by atoms with Gasteiger partial charge in [0.25, 0.3) is 0 Å². The van der Waals surface area contributed by atoms with E-state index in [-0.39, 0.29) is 11.9 Å². The van der Waals surface area contributed by atoms with Crippen LogP contribution in [-0.4, -0.2) is 36.7 Å². The first-order valence-corrected chi connectivity index (χ1v) is 8.56. The predicted molar refractivity (Wildman–Crippen MR) is 93.3 cm³/mol. The van der Waals surface area contributed by atoms with Crippen LogP contribution in [0, 0.1) is 11.8 Å². The lowest BCUT2D eigenvalue weighted by Gasteiger charge is -2.32. The van der Waals surface area contributed by atoms with Gasteiger partial charge in [0, 0.05) is 10.7 Å². The number of ether oxygens (including phenoxy) is 2. The minimum absolute atomic E-state index is 0.128. The summed E-state index contributed by atoms with van der Waals surface area (Å²) in [6.45, 7) is 3.82. The van der Waals surface area contributed by atoms with E-state index in [1.54, 1.807) is 35.2 Å². The highest BCUT2D eigenvalue weighted by atomic mass is 35.5. The Balaban J connectivity index is 1.81. The topological polar surface area (TPSA) is 55.8 Å². The number of nitrogens with zero attached hydrogens (tertiary/aromatic N) is 1. The van der Waals surface area contributed by atoms with Crippen molar-refractivity contribution in [1.29, 1.82) is 0 Å². The molecule has 0 unspecified atom stereocenters. The number of amides is 1. The standard InChI is InChI=1S/C19H18ClNO4/c1-3-4-14-19-10-9-13(25-19)15(18(23)24-2)16(19)17(22)21(14)12-7-5-11(20)6-8-12/h3,5-10,13-16H,1,4H2,2H3/t13-,14-,15+,16-,19+/m0/s1. The minimum Gasteiger partial charge on any atom is -0.469 e. The van der Waals surface area contributed by atoms with Gasteiger partial charge in [0.05, 0.1) is 25.2 Å². The molecule has 1 aromatic carbocycles. The number of carbonyl (C=O) groups is 2. The van der Waals surface area contributed by atoms with Crippen LogP contribution >= 0.6 is 11.6 Å². The summed E-state index contributed by atoms with van der Waals surface area (Å²) in [5, 5.41) is 0.596. The molecule has 4 rings (SSSR count). The molecule has 2 fully saturated rings. The van der Waals surface area contributed by atoms with Gasteiger partial charge in [-0.3, -0.25) is 9.59 Å². The predicted octanol–water partition coefficient (Wildman–Crippen LogP) is 2.74. The molecule has 130 valence electrons. The van der Waals surface area contributed by atoms with E-state index in [9.17, 15) is 9.59 Å². The third-order valence-corrected chi connectivity index (χ3v) is 5.64. The number of hydrogen-bond donors (Lipinski definition) is 0. The SMILES string of the molecule is C=CC[C@@H]1N(c2ccc(Cl)cc2)C(=O)[C@@H]2[C@H](C(=O)OC)[C@@H]3C=C[C@]21O3. The lowest BCUT2D eigenvalue weighted by atomic mass is 9.74. The van der Waals surface area contributed by atoms with Gasteiger partial charge in [-0.1, -0.05) is 29.8 Å². The van der Waals surface area contributed by atoms with Gasteiger partial charge in [0.15, 0.2) is 0 Å². The van der Waals surface area contributed by atoms with Gasteiger partial charge in [0.1, 0.15) is 11.5 Å². The van der Waals surface area contributed by atoms with Crippen molar-refractivity contribution in [2.45, 2.75) is 24.2 Å². The first-order valence-electron chi connectivity index (χ1n) is 8.18. The molecule has 2 bridgehead atoms. The largest absolute Gasteiger partial charge is 0.469 e. The second-order valence-corrected chi connectivity index (χ2v) is 6.98. The molecular weight excluding hydrogens is 342 g/mol. The zero-order valence-corrected chi connectivity index (χ0v) is 14.5. The molecule has 3 aliphatic heterocycles. The maximum Gasteiger partial charge on any atom is 0.312 e. The lowest BCUT2D eigenvalue weighted by Crippen LogP contribution is -2.45. The second-order valence-electron chi connectivity index (χ2n) is 6.55. The van der Waals surface area contributed by atoms with Gasteiger partial charge >= 0.3 is 5.97 Å². The van der Waals surface area contributed by atoms with Gasteiger partial charge in [-0.25, -0.2) is 0 Å². The highest BCUT2D eigenvalue weighted by Crippen LogP contribution is 2.56. The van der Waals surface area contributed by atoms with E-state index in [1.165, 1.54) is 7.11 Å². The van der Waals surface area contributed by atoms with Crippen molar-refractivity contribution in [2.75, 3.05) is 12.0 Å². The highest BCUT2D eigenvalue weighted by Gasteiger charge is 2.71. The van der Waals surface area contributed by atoms with Crippen LogP contribution < -0.4 is 4.90 Å². The third kappa shape index (κ3) is 2.12. The van der Waals surface area contributed by atoms with Crippen LogP contribution in [0.2, 0.25) is 5.02 Å². The molecule has 2 saturated heterocycles. The Kier molecular flexibility index (Phi) is 3.74. The summed E-state index contributed by atoms with van der Waals surface area (Å²) in [5.41, 5.74) is -0.0943. The smallest absolute Gasteiger partial charge is 0.312 e. The van der Waals surface area contributed by atoms with Crippen molar-refractivity contribution in [1.82, 2.24) is 0 Å². The molecule has 1 amide bonds. The van der Waals surface area contributed by atoms with E-state index in [4.69, 9.17) is 21.1 Å². The van der Waals surface area contributed by atoms with Gasteiger partial charge in [-0.05, 0) is 30.7 Å². The van der Waals surface area contributed by atoms with E-state index < -0.39 is 29.5 Å². The van der Waals surface area contributed by atoms with E-state index >= 15 is 0 Å². The molecule has 5 atom stereocenters. The van der Waals surface area contributed by atoms with Crippen LogP contribution in [0.5, 0.6) is 0 Å². The number of halogens is 1. The van der Waals surface area contributed by atoms with Crippen molar-refractivity contribution >= 4 is 29.2 Å². The zero-order chi connectivity index (χ0) is 17.8. The number of carbonyl (C=O) groups excluding carboxylic acids is 2. The van der Waals surface area contributed by atoms with Gasteiger partial charge in [-0.2, -0.15) is 0 Å². The molecule has 1 aromatic rings. The first kappa shape index (κ1) is 16.4. The van der Waals surface area contributed by atoms with E-state index in [0.29, 0.717) is 11.4 Å². The molecule has 5 nitrogen and oxygen atoms in total. The Bertz CT molecular complexity index is 774. The molecule has 0 saturated carbocycles. The minimum atomic E-state index is -0.825. The van der Waals surface area contributed by atoms with Crippen molar-refractivity contribution in [3.63, 3.8) is 0 Å².